The summed E-state index contributed by atoms with van der Waals surface area (Å²) in [7, 11) is -1.80. The van der Waals surface area contributed by atoms with Crippen LogP contribution in [0.4, 0.5) is 0 Å². The SMILES string of the molecule is C=CC(C)C1=CC(O[Si](C)(C)C(C)(C)C)CC1=O. The van der Waals surface area contributed by atoms with Gasteiger partial charge in [0.05, 0.1) is 6.10 Å². The van der Waals surface area contributed by atoms with Gasteiger partial charge in [-0.15, -0.1) is 6.58 Å². The molecule has 2 atom stereocenters. The van der Waals surface area contributed by atoms with E-state index >= 15 is 0 Å². The summed E-state index contributed by atoms with van der Waals surface area (Å²) in [5, 5.41) is 0.177. The monoisotopic (exact) mass is 266 g/mol. The Bertz CT molecular complexity index is 374. The second-order valence-electron chi connectivity index (χ2n) is 6.69. The minimum Gasteiger partial charge on any atom is -0.410 e. The van der Waals surface area contributed by atoms with Crippen molar-refractivity contribution in [3.8, 4) is 0 Å². The van der Waals surface area contributed by atoms with Crippen molar-refractivity contribution in [1.29, 1.82) is 0 Å². The largest absolute Gasteiger partial charge is 0.410 e. The fraction of sp³-hybridized carbons (Fsp3) is 0.667. The molecule has 0 saturated carbocycles. The molecule has 1 aliphatic rings. The van der Waals surface area contributed by atoms with Crippen LogP contribution in [0.25, 0.3) is 0 Å². The van der Waals surface area contributed by atoms with E-state index in [-0.39, 0.29) is 22.8 Å². The predicted octanol–water partition coefficient (Wildman–Crippen LogP) is 4.10. The number of allylic oxidation sites excluding steroid dienone is 2. The summed E-state index contributed by atoms with van der Waals surface area (Å²) in [6.45, 7) is 16.8. The molecule has 18 heavy (non-hydrogen) atoms. The van der Waals surface area contributed by atoms with Gasteiger partial charge in [0, 0.05) is 17.9 Å². The van der Waals surface area contributed by atoms with Crippen LogP contribution in [-0.2, 0) is 9.22 Å². The number of carbonyl (C=O) groups excluding carboxylic acids is 1. The summed E-state index contributed by atoms with van der Waals surface area (Å²) in [6, 6.07) is 0. The third-order valence-corrected chi connectivity index (χ3v) is 8.67. The van der Waals surface area contributed by atoms with Crippen LogP contribution >= 0.6 is 0 Å². The average Bonchev–Trinajstić information content (AvgIpc) is 2.55. The van der Waals surface area contributed by atoms with E-state index < -0.39 is 8.32 Å². The van der Waals surface area contributed by atoms with Gasteiger partial charge in [0.15, 0.2) is 14.1 Å². The molecule has 0 radical (unpaired) electrons. The van der Waals surface area contributed by atoms with E-state index in [1.54, 1.807) is 0 Å². The van der Waals surface area contributed by atoms with E-state index in [2.05, 4.69) is 40.4 Å². The van der Waals surface area contributed by atoms with Gasteiger partial charge in [-0.1, -0.05) is 33.8 Å². The molecule has 2 nitrogen and oxygen atoms in total. The molecule has 2 unspecified atom stereocenters. The molecular weight excluding hydrogens is 240 g/mol. The zero-order chi connectivity index (χ0) is 14.1. The molecule has 1 rings (SSSR count). The molecule has 0 aromatic rings. The van der Waals surface area contributed by atoms with E-state index in [9.17, 15) is 4.79 Å². The van der Waals surface area contributed by atoms with Gasteiger partial charge in [0.25, 0.3) is 0 Å². The van der Waals surface area contributed by atoms with E-state index in [1.165, 1.54) is 0 Å². The van der Waals surface area contributed by atoms with Crippen LogP contribution < -0.4 is 0 Å². The minimum atomic E-state index is -1.80. The smallest absolute Gasteiger partial charge is 0.192 e. The Morgan fingerprint density at radius 2 is 2.06 bits per heavy atom. The summed E-state index contributed by atoms with van der Waals surface area (Å²) >= 11 is 0. The van der Waals surface area contributed by atoms with Crippen LogP contribution in [0.5, 0.6) is 0 Å². The molecular formula is C15H26O2Si. The van der Waals surface area contributed by atoms with E-state index in [4.69, 9.17) is 4.43 Å². The lowest BCUT2D eigenvalue weighted by molar-refractivity contribution is -0.116. The Labute approximate surface area is 112 Å². The molecule has 0 fully saturated rings. The highest BCUT2D eigenvalue weighted by atomic mass is 28.4. The first-order chi connectivity index (χ1) is 8.08. The van der Waals surface area contributed by atoms with Crippen molar-refractivity contribution in [3.05, 3.63) is 24.3 Å². The first-order valence-corrected chi connectivity index (χ1v) is 9.54. The summed E-state index contributed by atoms with van der Waals surface area (Å²) in [5.74, 6) is 0.344. The second kappa shape index (κ2) is 5.14. The Hall–Kier alpha value is -0.673. The quantitative estimate of drug-likeness (QED) is 0.565. The van der Waals surface area contributed by atoms with Crippen LogP contribution in [0, 0.1) is 5.92 Å². The zero-order valence-corrected chi connectivity index (χ0v) is 13.5. The van der Waals surface area contributed by atoms with E-state index in [0.717, 1.165) is 5.57 Å². The van der Waals surface area contributed by atoms with Gasteiger partial charge in [-0.05, 0) is 24.2 Å². The lowest BCUT2D eigenvalue weighted by Gasteiger charge is -2.37. The van der Waals surface area contributed by atoms with Gasteiger partial charge < -0.3 is 4.43 Å². The van der Waals surface area contributed by atoms with Gasteiger partial charge in [-0.2, -0.15) is 0 Å². The molecule has 0 amide bonds. The molecule has 0 N–H and O–H groups in total. The fourth-order valence-corrected chi connectivity index (χ4v) is 3.08. The van der Waals surface area contributed by atoms with Crippen molar-refractivity contribution < 1.29 is 9.22 Å². The molecule has 102 valence electrons. The summed E-state index contributed by atoms with van der Waals surface area (Å²) in [5.41, 5.74) is 0.869. The van der Waals surface area contributed by atoms with Crippen LogP contribution in [-0.4, -0.2) is 20.2 Å². The fourth-order valence-electron chi connectivity index (χ4n) is 1.82. The lowest BCUT2D eigenvalue weighted by atomic mass is 10.0. The Morgan fingerprint density at radius 3 is 2.50 bits per heavy atom. The maximum atomic E-state index is 11.9. The van der Waals surface area contributed by atoms with Crippen molar-refractivity contribution in [2.24, 2.45) is 5.92 Å². The third kappa shape index (κ3) is 3.21. The summed E-state index contributed by atoms with van der Waals surface area (Å²) in [6.07, 6.45) is 4.30. The van der Waals surface area contributed by atoms with Crippen LogP contribution in [0.2, 0.25) is 18.1 Å². The zero-order valence-electron chi connectivity index (χ0n) is 12.5. The van der Waals surface area contributed by atoms with Crippen molar-refractivity contribution in [1.82, 2.24) is 0 Å². The summed E-state index contributed by atoms with van der Waals surface area (Å²) in [4.78, 5) is 11.9. The average molecular weight is 266 g/mol. The van der Waals surface area contributed by atoms with Gasteiger partial charge >= 0.3 is 0 Å². The molecule has 1 aliphatic carbocycles. The summed E-state index contributed by atoms with van der Waals surface area (Å²) < 4.78 is 6.27. The topological polar surface area (TPSA) is 26.3 Å². The maximum Gasteiger partial charge on any atom is 0.192 e. The first-order valence-electron chi connectivity index (χ1n) is 6.64. The Kier molecular flexibility index (Phi) is 4.39. The normalized spacial score (nSPS) is 22.9. The van der Waals surface area contributed by atoms with E-state index in [1.807, 2.05) is 19.1 Å². The minimum absolute atomic E-state index is 0.0317. The molecule has 0 aromatic heterocycles. The van der Waals surface area contributed by atoms with Crippen molar-refractivity contribution in [3.63, 3.8) is 0 Å². The molecule has 0 saturated heterocycles. The molecule has 0 aliphatic heterocycles. The molecule has 0 spiro atoms. The third-order valence-electron chi connectivity index (χ3n) is 4.17. The number of hydrogen-bond donors (Lipinski definition) is 0. The second-order valence-corrected chi connectivity index (χ2v) is 11.4. The van der Waals surface area contributed by atoms with Crippen LogP contribution in [0.15, 0.2) is 24.3 Å². The van der Waals surface area contributed by atoms with Gasteiger partial charge in [-0.3, -0.25) is 4.79 Å². The number of Topliss-reactive ketones (excluding diaryl/α,β-unsaturated/α-hetero) is 1. The van der Waals surface area contributed by atoms with Crippen molar-refractivity contribution >= 4 is 14.1 Å². The van der Waals surface area contributed by atoms with Crippen LogP contribution in [0.3, 0.4) is 0 Å². The highest BCUT2D eigenvalue weighted by molar-refractivity contribution is 6.74. The van der Waals surface area contributed by atoms with Crippen molar-refractivity contribution in [2.75, 3.05) is 0 Å². The van der Waals surface area contributed by atoms with Gasteiger partial charge in [0.2, 0.25) is 0 Å². The Morgan fingerprint density at radius 1 is 1.50 bits per heavy atom. The predicted molar refractivity (Wildman–Crippen MR) is 79.1 cm³/mol. The number of rotatable bonds is 4. The first kappa shape index (κ1) is 15.4. The highest BCUT2D eigenvalue weighted by Gasteiger charge is 2.40. The molecule has 0 bridgehead atoms. The standard InChI is InChI=1S/C15H26O2Si/c1-8-11(2)13-9-12(10-14(13)16)17-18(6,7)15(3,4)5/h8-9,11-12H,1,10H2,2-7H3. The van der Waals surface area contributed by atoms with Gasteiger partial charge in [-0.25, -0.2) is 0 Å². The maximum absolute atomic E-state index is 11.9. The van der Waals surface area contributed by atoms with Crippen LogP contribution in [0.1, 0.15) is 34.1 Å². The molecule has 3 heteroatoms. The molecule has 0 aromatic carbocycles. The Balaban J connectivity index is 2.81. The van der Waals surface area contributed by atoms with Gasteiger partial charge in [0.1, 0.15) is 0 Å². The number of ketones is 1. The van der Waals surface area contributed by atoms with Crippen molar-refractivity contribution in [2.45, 2.75) is 58.4 Å². The molecule has 0 heterocycles. The highest BCUT2D eigenvalue weighted by Crippen LogP contribution is 2.39. The number of carbonyl (C=O) groups is 1. The number of hydrogen-bond acceptors (Lipinski definition) is 2. The van der Waals surface area contributed by atoms with E-state index in [0.29, 0.717) is 6.42 Å². The lowest BCUT2D eigenvalue weighted by Crippen LogP contribution is -2.43.